The molecule has 0 saturated carbocycles. The quantitative estimate of drug-likeness (QED) is 0.343. The molecule has 3 aromatic rings. The lowest BCUT2D eigenvalue weighted by molar-refractivity contribution is 0.254. The van der Waals surface area contributed by atoms with Gasteiger partial charge in [0.2, 0.25) is 0 Å². The van der Waals surface area contributed by atoms with Crippen molar-refractivity contribution in [2.75, 3.05) is 0 Å². The lowest BCUT2D eigenvalue weighted by Gasteiger charge is -2.22. The van der Waals surface area contributed by atoms with Crippen molar-refractivity contribution in [1.82, 2.24) is 0 Å². The molecule has 3 aromatic carbocycles. The van der Waals surface area contributed by atoms with Crippen molar-refractivity contribution in [1.29, 1.82) is 0 Å². The molecule has 3 rings (SSSR count). The van der Waals surface area contributed by atoms with Crippen molar-refractivity contribution in [2.45, 2.75) is 39.4 Å². The van der Waals surface area contributed by atoms with E-state index < -0.39 is 0 Å². The summed E-state index contributed by atoms with van der Waals surface area (Å²) in [6.45, 7) is 7.53. The van der Waals surface area contributed by atoms with E-state index in [1.165, 1.54) is 5.56 Å². The van der Waals surface area contributed by atoms with E-state index in [0.29, 0.717) is 13.2 Å². The zero-order chi connectivity index (χ0) is 20.1. The fourth-order valence-corrected chi connectivity index (χ4v) is 3.55. The summed E-state index contributed by atoms with van der Waals surface area (Å²) in [5, 5.41) is 0. The average Bonchev–Trinajstić information content (AvgIpc) is 2.66. The highest BCUT2D eigenvalue weighted by molar-refractivity contribution is 9.10. The first-order valence-corrected chi connectivity index (χ1v) is 10.8. The second-order valence-corrected chi connectivity index (χ2v) is 9.38. The van der Waals surface area contributed by atoms with E-state index in [-0.39, 0.29) is 5.41 Å². The molecule has 0 radical (unpaired) electrons. The Labute approximate surface area is 184 Å². The van der Waals surface area contributed by atoms with Crippen LogP contribution in [0.1, 0.15) is 37.5 Å². The molecule has 0 atom stereocenters. The zero-order valence-electron chi connectivity index (χ0n) is 16.3. The van der Waals surface area contributed by atoms with Gasteiger partial charge in [-0.1, -0.05) is 95.1 Å². The summed E-state index contributed by atoms with van der Waals surface area (Å²) >= 11 is 7.17. The summed E-state index contributed by atoms with van der Waals surface area (Å²) in [6, 6.07) is 22.4. The first-order valence-electron chi connectivity index (χ1n) is 9.21. The van der Waals surface area contributed by atoms with E-state index in [4.69, 9.17) is 9.47 Å². The van der Waals surface area contributed by atoms with Crippen molar-refractivity contribution in [2.24, 2.45) is 0 Å². The predicted molar refractivity (Wildman–Crippen MR) is 122 cm³/mol. The lowest BCUT2D eigenvalue weighted by atomic mass is 9.87. The first-order chi connectivity index (χ1) is 13.3. The third kappa shape index (κ3) is 5.39. The molecule has 0 unspecified atom stereocenters. The van der Waals surface area contributed by atoms with Crippen LogP contribution in [-0.2, 0) is 18.6 Å². The van der Waals surface area contributed by atoms with Crippen LogP contribution in [0.3, 0.4) is 0 Å². The van der Waals surface area contributed by atoms with Crippen molar-refractivity contribution in [3.8, 4) is 11.5 Å². The van der Waals surface area contributed by atoms with Crippen LogP contribution in [0.2, 0.25) is 0 Å². The molecule has 28 heavy (non-hydrogen) atoms. The van der Waals surface area contributed by atoms with Crippen LogP contribution in [0.5, 0.6) is 11.5 Å². The van der Waals surface area contributed by atoms with Gasteiger partial charge in [-0.3, -0.25) is 0 Å². The number of hydrogen-bond acceptors (Lipinski definition) is 2. The van der Waals surface area contributed by atoms with Crippen LogP contribution < -0.4 is 9.47 Å². The minimum atomic E-state index is 0.0342. The molecule has 0 aromatic heterocycles. The SMILES string of the molecule is CC(C)(C)c1ccc(OCc2ccccc2Br)c(OCc2ccccc2Br)c1. The highest BCUT2D eigenvalue weighted by Crippen LogP contribution is 2.35. The summed E-state index contributed by atoms with van der Waals surface area (Å²) in [4.78, 5) is 0. The Morgan fingerprint density at radius 1 is 0.679 bits per heavy atom. The summed E-state index contributed by atoms with van der Waals surface area (Å²) in [7, 11) is 0. The van der Waals surface area contributed by atoms with Gasteiger partial charge in [-0.05, 0) is 35.2 Å². The average molecular weight is 504 g/mol. The van der Waals surface area contributed by atoms with E-state index in [1.54, 1.807) is 0 Å². The molecule has 0 heterocycles. The molecule has 0 fully saturated rings. The Hall–Kier alpha value is -1.78. The first kappa shape index (κ1) is 20.9. The van der Waals surface area contributed by atoms with Gasteiger partial charge < -0.3 is 9.47 Å². The second kappa shape index (κ2) is 9.15. The number of benzene rings is 3. The zero-order valence-corrected chi connectivity index (χ0v) is 19.5. The van der Waals surface area contributed by atoms with Gasteiger partial charge >= 0.3 is 0 Å². The molecule has 0 spiro atoms. The third-order valence-corrected chi connectivity index (χ3v) is 6.04. The number of ether oxygens (including phenoxy) is 2. The van der Waals surface area contributed by atoms with E-state index in [2.05, 4.69) is 76.9 Å². The highest BCUT2D eigenvalue weighted by Gasteiger charge is 2.17. The van der Waals surface area contributed by atoms with Gasteiger partial charge in [0, 0.05) is 20.1 Å². The Morgan fingerprint density at radius 3 is 1.68 bits per heavy atom. The van der Waals surface area contributed by atoms with Crippen molar-refractivity contribution in [3.05, 3.63) is 92.4 Å². The van der Waals surface area contributed by atoms with Gasteiger partial charge in [0.25, 0.3) is 0 Å². The van der Waals surface area contributed by atoms with Crippen LogP contribution >= 0.6 is 31.9 Å². The van der Waals surface area contributed by atoms with Crippen LogP contribution in [0.4, 0.5) is 0 Å². The number of halogens is 2. The molecule has 0 N–H and O–H groups in total. The van der Waals surface area contributed by atoms with Gasteiger partial charge in [0.05, 0.1) is 0 Å². The Bertz CT molecular complexity index is 945. The topological polar surface area (TPSA) is 18.5 Å². The molecule has 2 nitrogen and oxygen atoms in total. The maximum Gasteiger partial charge on any atom is 0.161 e. The maximum absolute atomic E-state index is 6.19. The van der Waals surface area contributed by atoms with Crippen LogP contribution in [-0.4, -0.2) is 0 Å². The normalized spacial score (nSPS) is 11.3. The monoisotopic (exact) mass is 502 g/mol. The minimum Gasteiger partial charge on any atom is -0.485 e. The summed E-state index contributed by atoms with van der Waals surface area (Å²) in [5.41, 5.74) is 3.44. The molecule has 0 aliphatic rings. The highest BCUT2D eigenvalue weighted by atomic mass is 79.9. The van der Waals surface area contributed by atoms with E-state index in [1.807, 2.05) is 42.5 Å². The van der Waals surface area contributed by atoms with Gasteiger partial charge in [-0.2, -0.15) is 0 Å². The molecule has 0 saturated heterocycles. The van der Waals surface area contributed by atoms with Crippen molar-refractivity contribution in [3.63, 3.8) is 0 Å². The molecule has 146 valence electrons. The standard InChI is InChI=1S/C24H24Br2O2/c1-24(2,3)19-12-13-22(27-15-17-8-4-6-10-20(17)25)23(14-19)28-16-18-9-5-7-11-21(18)26/h4-14H,15-16H2,1-3H3. The third-order valence-electron chi connectivity index (χ3n) is 4.49. The second-order valence-electron chi connectivity index (χ2n) is 7.67. The van der Waals surface area contributed by atoms with Crippen LogP contribution in [0.15, 0.2) is 75.7 Å². The molecular formula is C24H24Br2O2. The Morgan fingerprint density at radius 2 is 1.18 bits per heavy atom. The van der Waals surface area contributed by atoms with Gasteiger partial charge in [0.15, 0.2) is 11.5 Å². The molecule has 0 aliphatic heterocycles. The lowest BCUT2D eigenvalue weighted by Crippen LogP contribution is -2.11. The minimum absolute atomic E-state index is 0.0342. The van der Waals surface area contributed by atoms with Crippen LogP contribution in [0, 0.1) is 0 Å². The molecule has 0 amide bonds. The molecule has 4 heteroatoms. The van der Waals surface area contributed by atoms with Gasteiger partial charge in [0.1, 0.15) is 13.2 Å². The molecule has 0 aliphatic carbocycles. The van der Waals surface area contributed by atoms with Crippen molar-refractivity contribution < 1.29 is 9.47 Å². The van der Waals surface area contributed by atoms with E-state index in [9.17, 15) is 0 Å². The largest absolute Gasteiger partial charge is 0.485 e. The van der Waals surface area contributed by atoms with Crippen molar-refractivity contribution >= 4 is 31.9 Å². The summed E-state index contributed by atoms with van der Waals surface area (Å²) < 4.78 is 14.4. The summed E-state index contributed by atoms with van der Waals surface area (Å²) in [5.74, 6) is 1.51. The van der Waals surface area contributed by atoms with Gasteiger partial charge in [-0.25, -0.2) is 0 Å². The van der Waals surface area contributed by atoms with E-state index in [0.717, 1.165) is 31.6 Å². The smallest absolute Gasteiger partial charge is 0.161 e. The number of rotatable bonds is 6. The number of hydrogen-bond donors (Lipinski definition) is 0. The molecule has 0 bridgehead atoms. The maximum atomic E-state index is 6.19. The fraction of sp³-hybridized carbons (Fsp3) is 0.250. The Kier molecular flexibility index (Phi) is 6.84. The predicted octanol–water partition coefficient (Wildman–Crippen LogP) is 7.67. The fourth-order valence-electron chi connectivity index (χ4n) is 2.75. The van der Waals surface area contributed by atoms with Gasteiger partial charge in [-0.15, -0.1) is 0 Å². The summed E-state index contributed by atoms with van der Waals surface area (Å²) in [6.07, 6.45) is 0. The molecular weight excluding hydrogens is 480 g/mol. The van der Waals surface area contributed by atoms with E-state index >= 15 is 0 Å². The van der Waals surface area contributed by atoms with Crippen LogP contribution in [0.25, 0.3) is 0 Å². The Balaban J connectivity index is 1.84.